The zero-order chi connectivity index (χ0) is 37.8. The van der Waals surface area contributed by atoms with Gasteiger partial charge in [0.05, 0.1) is 24.1 Å². The highest BCUT2D eigenvalue weighted by atomic mass is 19.4. The molecule has 4 atom stereocenters. The number of carbonyl (C=O) groups excluding carboxylic acids is 4. The summed E-state index contributed by atoms with van der Waals surface area (Å²) in [6.45, 7) is 2.19. The predicted octanol–water partition coefficient (Wildman–Crippen LogP) is 5.65. The van der Waals surface area contributed by atoms with Crippen molar-refractivity contribution in [1.29, 1.82) is 0 Å². The van der Waals surface area contributed by atoms with E-state index in [-0.39, 0.29) is 31.0 Å². The molecule has 1 N–H and O–H groups in total. The molecule has 4 amide bonds. The van der Waals surface area contributed by atoms with E-state index in [1.807, 2.05) is 60.7 Å². The monoisotopic (exact) mass is 743 g/mol. The number of halogens is 3. The summed E-state index contributed by atoms with van der Waals surface area (Å²) in [6, 6.07) is 20.0. The number of cyclic esters (lactones) is 1. The van der Waals surface area contributed by atoms with E-state index in [2.05, 4.69) is 10.2 Å². The maximum atomic E-state index is 14.4. The van der Waals surface area contributed by atoms with Gasteiger partial charge in [0.2, 0.25) is 17.7 Å². The molecule has 7 rings (SSSR count). The fourth-order valence-corrected chi connectivity index (χ4v) is 8.19. The number of amides is 4. The molecule has 1 saturated carbocycles. The Labute approximate surface area is 312 Å². The Kier molecular flexibility index (Phi) is 11.0. The highest BCUT2D eigenvalue weighted by Crippen LogP contribution is 2.39. The first-order valence-corrected chi connectivity index (χ1v) is 18.6. The lowest BCUT2D eigenvalue weighted by Crippen LogP contribution is -2.74. The van der Waals surface area contributed by atoms with Crippen LogP contribution in [0.5, 0.6) is 0 Å². The highest BCUT2D eigenvalue weighted by molar-refractivity contribution is 5.99. The minimum absolute atomic E-state index is 0.0357. The van der Waals surface area contributed by atoms with Crippen LogP contribution in [0.2, 0.25) is 0 Å². The number of alkyl halides is 3. The molecule has 3 aliphatic heterocycles. The van der Waals surface area contributed by atoms with Gasteiger partial charge in [0.1, 0.15) is 18.7 Å². The number of ether oxygens (including phenoxy) is 1. The molecule has 3 aromatic rings. The molecule has 54 heavy (non-hydrogen) atoms. The number of β-lactam (4-membered cyclic amide) rings is 1. The van der Waals surface area contributed by atoms with E-state index in [1.54, 1.807) is 17.1 Å². The number of rotatable bonds is 11. The van der Waals surface area contributed by atoms with Gasteiger partial charge in [0, 0.05) is 38.8 Å². The molecule has 0 bridgehead atoms. The molecule has 3 aromatic carbocycles. The first-order valence-electron chi connectivity index (χ1n) is 18.6. The lowest BCUT2D eigenvalue weighted by atomic mass is 9.87. The van der Waals surface area contributed by atoms with E-state index in [9.17, 15) is 32.3 Å². The number of carbonyl (C=O) groups is 4. The summed E-state index contributed by atoms with van der Waals surface area (Å²) in [5, 5.41) is 2.71. The van der Waals surface area contributed by atoms with Crippen LogP contribution in [0, 0.1) is 0 Å². The number of nitrogens with zero attached hydrogens (tertiary/aromatic N) is 4. The fourth-order valence-electron chi connectivity index (χ4n) is 8.19. The Balaban J connectivity index is 1.17. The Morgan fingerprint density at radius 2 is 1.57 bits per heavy atom. The average molecular weight is 744 g/mol. The van der Waals surface area contributed by atoms with E-state index in [0.29, 0.717) is 32.2 Å². The van der Waals surface area contributed by atoms with Crippen molar-refractivity contribution >= 4 is 29.9 Å². The number of piperazine rings is 1. The van der Waals surface area contributed by atoms with Crippen LogP contribution in [0.3, 0.4) is 0 Å². The van der Waals surface area contributed by atoms with Crippen molar-refractivity contribution in [3.8, 4) is 0 Å². The molecule has 1 aliphatic carbocycles. The lowest BCUT2D eigenvalue weighted by Gasteiger charge is -2.52. The third-order valence-electron chi connectivity index (χ3n) is 11.1. The summed E-state index contributed by atoms with van der Waals surface area (Å²) in [7, 11) is 0. The van der Waals surface area contributed by atoms with Crippen LogP contribution in [0.15, 0.2) is 91.0 Å². The van der Waals surface area contributed by atoms with Gasteiger partial charge in [-0.25, -0.2) is 4.79 Å². The number of likely N-dealkylation sites (tertiary alicyclic amines) is 1. The van der Waals surface area contributed by atoms with Gasteiger partial charge < -0.3 is 19.9 Å². The number of nitrogens with one attached hydrogen (secondary N) is 1. The zero-order valence-corrected chi connectivity index (χ0v) is 29.9. The van der Waals surface area contributed by atoms with Crippen LogP contribution >= 0.6 is 0 Å². The van der Waals surface area contributed by atoms with Crippen LogP contribution < -0.4 is 5.32 Å². The molecule has 0 radical (unpaired) electrons. The molecule has 284 valence electrons. The second-order valence-electron chi connectivity index (χ2n) is 14.4. The third-order valence-corrected chi connectivity index (χ3v) is 11.1. The molecular weight excluding hydrogens is 699 g/mol. The summed E-state index contributed by atoms with van der Waals surface area (Å²) < 4.78 is 45.9. The number of hydrogen-bond acceptors (Lipinski definition) is 6. The fraction of sp³-hybridized carbons (Fsp3) is 0.415. The topological polar surface area (TPSA) is 103 Å². The number of benzene rings is 3. The summed E-state index contributed by atoms with van der Waals surface area (Å²) in [6.07, 6.45) is 2.69. The second-order valence-corrected chi connectivity index (χ2v) is 14.4. The quantitative estimate of drug-likeness (QED) is 0.255. The van der Waals surface area contributed by atoms with Crippen molar-refractivity contribution in [2.45, 2.75) is 75.0 Å². The smallest absolute Gasteiger partial charge is 0.416 e. The van der Waals surface area contributed by atoms with Gasteiger partial charge in [0.15, 0.2) is 0 Å². The molecule has 3 saturated heterocycles. The standard InChI is InChI=1S/C41H44F3N5O5/c42-41(43,44)31-15-9-12-29(24-31)26-45-38(51)34(25-36(50)47-22-20-46(21-23-47)32-16-7-8-17-32)48-33(19-18-28-10-3-1-4-11-28)37(39(48)52)49-35(27-54-40(49)53)30-13-5-2-6-14-30/h1-6,9-15,18-19,24,32-35,37H,7-8,16-17,20-23,25-27H2,(H,45,51)/b19-18+/t33-,34+,35-,37+/m1/s1. The molecular formula is C41H44F3N5O5. The minimum Gasteiger partial charge on any atom is -0.447 e. The van der Waals surface area contributed by atoms with Gasteiger partial charge in [-0.2, -0.15) is 13.2 Å². The number of hydrogen-bond donors (Lipinski definition) is 1. The summed E-state index contributed by atoms with van der Waals surface area (Å²) in [5.74, 6) is -1.51. The maximum absolute atomic E-state index is 14.4. The first kappa shape index (κ1) is 37.2. The zero-order valence-electron chi connectivity index (χ0n) is 29.9. The first-order chi connectivity index (χ1) is 26.1. The Morgan fingerprint density at radius 1 is 0.889 bits per heavy atom. The maximum Gasteiger partial charge on any atom is 0.416 e. The highest BCUT2D eigenvalue weighted by Gasteiger charge is 2.58. The van der Waals surface area contributed by atoms with Gasteiger partial charge in [-0.15, -0.1) is 0 Å². The largest absolute Gasteiger partial charge is 0.447 e. The molecule has 0 aromatic heterocycles. The van der Waals surface area contributed by atoms with Gasteiger partial charge in [-0.1, -0.05) is 97.8 Å². The van der Waals surface area contributed by atoms with Crippen molar-refractivity contribution in [2.24, 2.45) is 0 Å². The van der Waals surface area contributed by atoms with Crippen LogP contribution in [0.25, 0.3) is 6.08 Å². The van der Waals surface area contributed by atoms with Crippen molar-refractivity contribution in [3.63, 3.8) is 0 Å². The normalized spacial score (nSPS) is 23.1. The molecule has 3 heterocycles. The predicted molar refractivity (Wildman–Crippen MR) is 194 cm³/mol. The molecule has 0 spiro atoms. The average Bonchev–Trinajstić information content (AvgIpc) is 3.86. The Bertz CT molecular complexity index is 1840. The second kappa shape index (κ2) is 16.1. The summed E-state index contributed by atoms with van der Waals surface area (Å²) >= 11 is 0. The van der Waals surface area contributed by atoms with Crippen LogP contribution in [-0.2, 0) is 31.8 Å². The molecule has 0 unspecified atom stereocenters. The van der Waals surface area contributed by atoms with Crippen molar-refractivity contribution in [2.75, 3.05) is 32.8 Å². The molecule has 10 nitrogen and oxygen atoms in total. The van der Waals surface area contributed by atoms with Crippen LogP contribution in [0.1, 0.15) is 60.4 Å². The van der Waals surface area contributed by atoms with Gasteiger partial charge >= 0.3 is 12.3 Å². The lowest BCUT2D eigenvalue weighted by molar-refractivity contribution is -0.164. The van der Waals surface area contributed by atoms with Crippen LogP contribution in [0.4, 0.5) is 18.0 Å². The van der Waals surface area contributed by atoms with E-state index in [1.165, 1.54) is 34.8 Å². The molecule has 4 aliphatic rings. The van der Waals surface area contributed by atoms with E-state index in [4.69, 9.17) is 4.74 Å². The SMILES string of the molecule is O=C(NCc1cccc(C(F)(F)F)c1)[C@H](CC(=O)N1CCN(C2CCCC2)CC1)N1C(=O)[C@@H](N2C(=O)OC[C@@H]2c2ccccc2)[C@H]1/C=C/c1ccccc1. The van der Waals surface area contributed by atoms with Gasteiger partial charge in [0.25, 0.3) is 0 Å². The van der Waals surface area contributed by atoms with E-state index >= 15 is 0 Å². The van der Waals surface area contributed by atoms with E-state index in [0.717, 1.165) is 36.1 Å². The minimum atomic E-state index is -4.57. The molecule has 13 heteroatoms. The van der Waals surface area contributed by atoms with Gasteiger partial charge in [-0.3, -0.25) is 24.2 Å². The van der Waals surface area contributed by atoms with Crippen molar-refractivity contribution in [3.05, 3.63) is 113 Å². The summed E-state index contributed by atoms with van der Waals surface area (Å²) in [5.41, 5.74) is 0.962. The Hall–Kier alpha value is -5.17. The molecule has 4 fully saturated rings. The third kappa shape index (κ3) is 8.01. The van der Waals surface area contributed by atoms with Gasteiger partial charge in [-0.05, 0) is 41.7 Å². The van der Waals surface area contributed by atoms with Crippen molar-refractivity contribution < 1.29 is 37.1 Å². The van der Waals surface area contributed by atoms with Crippen molar-refractivity contribution in [1.82, 2.24) is 24.9 Å². The van der Waals surface area contributed by atoms with E-state index < -0.39 is 53.8 Å². The summed E-state index contributed by atoms with van der Waals surface area (Å²) in [4.78, 5) is 62.8. The Morgan fingerprint density at radius 3 is 2.26 bits per heavy atom. The van der Waals surface area contributed by atoms with Crippen LogP contribution in [-0.4, -0.2) is 100 Å².